The molecule has 6 heteroatoms. The minimum Gasteiger partial charge on any atom is -0.487 e. The zero-order valence-corrected chi connectivity index (χ0v) is 15.8. The highest BCUT2D eigenvalue weighted by Crippen LogP contribution is 2.40. The third-order valence-corrected chi connectivity index (χ3v) is 5.73. The Balaban J connectivity index is 1.91. The Kier molecular flexibility index (Phi) is 5.91. The highest BCUT2D eigenvalue weighted by molar-refractivity contribution is 6.01. The average molecular weight is 360 g/mol. The van der Waals surface area contributed by atoms with Crippen LogP contribution in [-0.4, -0.2) is 55.0 Å². The van der Waals surface area contributed by atoms with E-state index in [4.69, 9.17) is 9.47 Å². The predicted octanol–water partition coefficient (Wildman–Crippen LogP) is 2.72. The van der Waals surface area contributed by atoms with Gasteiger partial charge in [-0.15, -0.1) is 0 Å². The van der Waals surface area contributed by atoms with Gasteiger partial charge in [-0.3, -0.25) is 19.5 Å². The number of ether oxygens (including phenoxy) is 2. The lowest BCUT2D eigenvalue weighted by molar-refractivity contribution is -0.146. The largest absolute Gasteiger partial charge is 0.487 e. The van der Waals surface area contributed by atoms with Crippen LogP contribution in [0.5, 0.6) is 5.75 Å². The molecule has 0 aromatic carbocycles. The number of nitrogens with zero attached hydrogens (tertiary/aromatic N) is 2. The summed E-state index contributed by atoms with van der Waals surface area (Å²) in [5.74, 6) is 0.306. The van der Waals surface area contributed by atoms with E-state index in [2.05, 4.69) is 4.98 Å². The number of likely N-dealkylation sites (N-methyl/N-ethyl adjacent to an activating group) is 1. The standard InChI is InChI=1S/C20H28N2O4/c1-22(2)16(20(24)25-3)11-15-18(23)14-9-10-21-12-17(14)26-19(15)13-7-5-4-6-8-13/h9-10,12-13,15-16,19H,4-8,11H2,1-3H3. The van der Waals surface area contributed by atoms with Gasteiger partial charge in [0.15, 0.2) is 5.78 Å². The van der Waals surface area contributed by atoms with Gasteiger partial charge in [-0.05, 0) is 45.3 Å². The van der Waals surface area contributed by atoms with Crippen LogP contribution >= 0.6 is 0 Å². The van der Waals surface area contributed by atoms with E-state index in [0.717, 1.165) is 12.8 Å². The van der Waals surface area contributed by atoms with Gasteiger partial charge >= 0.3 is 5.97 Å². The molecule has 0 N–H and O–H groups in total. The second kappa shape index (κ2) is 8.16. The number of carbonyl (C=O) groups is 2. The van der Waals surface area contributed by atoms with E-state index >= 15 is 0 Å². The van der Waals surface area contributed by atoms with Crippen molar-refractivity contribution in [2.75, 3.05) is 21.2 Å². The van der Waals surface area contributed by atoms with Gasteiger partial charge in [0.05, 0.1) is 24.8 Å². The van der Waals surface area contributed by atoms with Crippen molar-refractivity contribution in [3.63, 3.8) is 0 Å². The molecule has 1 fully saturated rings. The van der Waals surface area contributed by atoms with Crippen LogP contribution in [0.2, 0.25) is 0 Å². The van der Waals surface area contributed by atoms with Gasteiger partial charge < -0.3 is 9.47 Å². The summed E-state index contributed by atoms with van der Waals surface area (Å²) >= 11 is 0. The molecule has 142 valence electrons. The van der Waals surface area contributed by atoms with Gasteiger partial charge in [-0.25, -0.2) is 0 Å². The van der Waals surface area contributed by atoms with Crippen molar-refractivity contribution in [3.8, 4) is 5.75 Å². The second-order valence-corrected chi connectivity index (χ2v) is 7.56. The van der Waals surface area contributed by atoms with Crippen molar-refractivity contribution in [3.05, 3.63) is 24.0 Å². The van der Waals surface area contributed by atoms with Crippen LogP contribution in [0.3, 0.4) is 0 Å². The lowest BCUT2D eigenvalue weighted by Gasteiger charge is -2.40. The maximum atomic E-state index is 13.3. The predicted molar refractivity (Wildman–Crippen MR) is 97.2 cm³/mol. The molecular formula is C20H28N2O4. The van der Waals surface area contributed by atoms with Gasteiger partial charge in [-0.2, -0.15) is 0 Å². The SMILES string of the molecule is COC(=O)C(CC1C(=O)c2ccncc2OC1C1CCCCC1)N(C)C. The first kappa shape index (κ1) is 18.8. The van der Waals surface area contributed by atoms with E-state index in [9.17, 15) is 9.59 Å². The number of pyridine rings is 1. The highest BCUT2D eigenvalue weighted by atomic mass is 16.5. The monoisotopic (exact) mass is 360 g/mol. The summed E-state index contributed by atoms with van der Waals surface area (Å²) in [5, 5.41) is 0. The van der Waals surface area contributed by atoms with Crippen LogP contribution in [0.25, 0.3) is 0 Å². The first-order valence-corrected chi connectivity index (χ1v) is 9.42. The number of hydrogen-bond acceptors (Lipinski definition) is 6. The summed E-state index contributed by atoms with van der Waals surface area (Å²) in [4.78, 5) is 31.4. The summed E-state index contributed by atoms with van der Waals surface area (Å²) < 4.78 is 11.3. The quantitative estimate of drug-likeness (QED) is 0.752. The summed E-state index contributed by atoms with van der Waals surface area (Å²) in [6.45, 7) is 0. The van der Waals surface area contributed by atoms with Crippen molar-refractivity contribution < 1.29 is 19.1 Å². The normalized spacial score (nSPS) is 24.7. The van der Waals surface area contributed by atoms with Crippen molar-refractivity contribution in [1.82, 2.24) is 9.88 Å². The number of hydrogen-bond donors (Lipinski definition) is 0. The molecular weight excluding hydrogens is 332 g/mol. The van der Waals surface area contributed by atoms with Crippen LogP contribution < -0.4 is 4.74 Å². The molecule has 0 radical (unpaired) electrons. The number of fused-ring (bicyclic) bond motifs is 1. The van der Waals surface area contributed by atoms with Gasteiger partial charge in [0.2, 0.25) is 0 Å². The van der Waals surface area contributed by atoms with E-state index < -0.39 is 6.04 Å². The molecule has 6 nitrogen and oxygen atoms in total. The number of ketones is 1. The molecule has 2 heterocycles. The Bertz CT molecular complexity index is 655. The maximum absolute atomic E-state index is 13.3. The zero-order valence-electron chi connectivity index (χ0n) is 15.8. The molecule has 0 spiro atoms. The van der Waals surface area contributed by atoms with Gasteiger partial charge in [-0.1, -0.05) is 19.3 Å². The Morgan fingerprint density at radius 3 is 2.73 bits per heavy atom. The molecule has 0 saturated heterocycles. The summed E-state index contributed by atoms with van der Waals surface area (Å²) in [7, 11) is 5.06. The van der Waals surface area contributed by atoms with Crippen LogP contribution in [0, 0.1) is 11.8 Å². The molecule has 2 aliphatic rings. The number of methoxy groups -OCH3 is 1. The fourth-order valence-corrected chi connectivity index (χ4v) is 4.28. The number of Topliss-reactive ketones (excluding diaryl/α,β-unsaturated/α-hetero) is 1. The van der Waals surface area contributed by atoms with Crippen LogP contribution in [-0.2, 0) is 9.53 Å². The van der Waals surface area contributed by atoms with Crippen molar-refractivity contribution in [1.29, 1.82) is 0 Å². The van der Waals surface area contributed by atoms with E-state index in [1.54, 1.807) is 18.5 Å². The molecule has 0 amide bonds. The third-order valence-electron chi connectivity index (χ3n) is 5.73. The third kappa shape index (κ3) is 3.75. The lowest BCUT2D eigenvalue weighted by atomic mass is 9.74. The molecule has 26 heavy (non-hydrogen) atoms. The molecule has 1 aromatic heterocycles. The average Bonchev–Trinajstić information content (AvgIpc) is 2.67. The zero-order chi connectivity index (χ0) is 18.7. The first-order valence-electron chi connectivity index (χ1n) is 9.42. The Morgan fingerprint density at radius 2 is 2.08 bits per heavy atom. The van der Waals surface area contributed by atoms with Crippen LogP contribution in [0.4, 0.5) is 0 Å². The molecule has 0 bridgehead atoms. The summed E-state index contributed by atoms with van der Waals surface area (Å²) in [6, 6.07) is 1.25. The van der Waals surface area contributed by atoms with Crippen molar-refractivity contribution in [2.24, 2.45) is 11.8 Å². The highest BCUT2D eigenvalue weighted by Gasteiger charge is 2.44. The second-order valence-electron chi connectivity index (χ2n) is 7.56. The summed E-state index contributed by atoms with van der Waals surface area (Å²) in [6.07, 6.45) is 9.14. The fraction of sp³-hybridized carbons (Fsp3) is 0.650. The number of esters is 1. The minimum absolute atomic E-state index is 0.0555. The number of rotatable bonds is 5. The molecule has 3 rings (SSSR count). The van der Waals surface area contributed by atoms with Crippen LogP contribution in [0.1, 0.15) is 48.9 Å². The Hall–Kier alpha value is -1.95. The summed E-state index contributed by atoms with van der Waals surface area (Å²) in [5.41, 5.74) is 0.569. The minimum atomic E-state index is -0.466. The molecule has 1 aromatic rings. The Labute approximate surface area is 154 Å². The lowest BCUT2D eigenvalue weighted by Crippen LogP contribution is -2.48. The molecule has 1 aliphatic carbocycles. The fourth-order valence-electron chi connectivity index (χ4n) is 4.28. The Morgan fingerprint density at radius 1 is 1.35 bits per heavy atom. The van der Waals surface area contributed by atoms with Crippen molar-refractivity contribution >= 4 is 11.8 Å². The molecule has 3 unspecified atom stereocenters. The number of carbonyl (C=O) groups excluding carboxylic acids is 2. The van der Waals surface area contributed by atoms with E-state index in [1.807, 2.05) is 19.0 Å². The van der Waals surface area contributed by atoms with Crippen molar-refractivity contribution in [2.45, 2.75) is 50.7 Å². The maximum Gasteiger partial charge on any atom is 0.323 e. The molecule has 1 saturated carbocycles. The van der Waals surface area contributed by atoms with E-state index in [0.29, 0.717) is 23.7 Å². The molecule has 3 atom stereocenters. The smallest absolute Gasteiger partial charge is 0.323 e. The van der Waals surface area contributed by atoms with E-state index in [1.165, 1.54) is 26.4 Å². The van der Waals surface area contributed by atoms with Gasteiger partial charge in [0.25, 0.3) is 0 Å². The first-order chi connectivity index (χ1) is 12.5. The topological polar surface area (TPSA) is 68.7 Å². The van der Waals surface area contributed by atoms with Crippen LogP contribution in [0.15, 0.2) is 18.5 Å². The van der Waals surface area contributed by atoms with Gasteiger partial charge in [0.1, 0.15) is 17.9 Å². The van der Waals surface area contributed by atoms with Gasteiger partial charge in [0, 0.05) is 6.20 Å². The van der Waals surface area contributed by atoms with E-state index in [-0.39, 0.29) is 23.8 Å². The number of aromatic nitrogens is 1. The molecule has 1 aliphatic heterocycles.